The van der Waals surface area contributed by atoms with E-state index >= 15 is 0 Å². The summed E-state index contributed by atoms with van der Waals surface area (Å²) >= 11 is 1.73. The normalized spacial score (nSPS) is 20.0. The molecule has 1 aliphatic carbocycles. The molecule has 0 saturated heterocycles. The topological polar surface area (TPSA) is 52.6 Å². The van der Waals surface area contributed by atoms with Crippen molar-refractivity contribution in [3.05, 3.63) is 35.9 Å². The molecule has 1 aromatic rings. The minimum atomic E-state index is -0.253. The van der Waals surface area contributed by atoms with Crippen molar-refractivity contribution in [1.29, 1.82) is 0 Å². The highest BCUT2D eigenvalue weighted by atomic mass is 32.2. The van der Waals surface area contributed by atoms with Gasteiger partial charge in [-0.1, -0.05) is 38.0 Å². The van der Waals surface area contributed by atoms with Crippen molar-refractivity contribution in [3.8, 4) is 0 Å². The van der Waals surface area contributed by atoms with E-state index in [1.165, 1.54) is 0 Å². The fourth-order valence-corrected chi connectivity index (χ4v) is 4.19. The van der Waals surface area contributed by atoms with Crippen LogP contribution in [-0.4, -0.2) is 35.7 Å². The van der Waals surface area contributed by atoms with Crippen molar-refractivity contribution in [2.75, 3.05) is 12.4 Å². The predicted octanol–water partition coefficient (Wildman–Crippen LogP) is 4.62. The van der Waals surface area contributed by atoms with Crippen LogP contribution in [0.25, 0.3) is 0 Å². The first-order valence-corrected chi connectivity index (χ1v) is 10.3. The van der Waals surface area contributed by atoms with Gasteiger partial charge in [-0.15, -0.1) is 0 Å². The molecule has 0 aliphatic heterocycles. The van der Waals surface area contributed by atoms with Crippen LogP contribution in [0.15, 0.2) is 30.3 Å². The molecule has 1 aliphatic rings. The molecule has 25 heavy (non-hydrogen) atoms. The van der Waals surface area contributed by atoms with Crippen molar-refractivity contribution < 1.29 is 19.1 Å². The Morgan fingerprint density at radius 2 is 1.92 bits per heavy atom. The Hall–Kier alpha value is -1.49. The molecule has 0 spiro atoms. The molecule has 4 nitrogen and oxygen atoms in total. The monoisotopic (exact) mass is 364 g/mol. The maximum absolute atomic E-state index is 12.3. The van der Waals surface area contributed by atoms with Crippen LogP contribution >= 0.6 is 11.8 Å². The van der Waals surface area contributed by atoms with E-state index in [-0.39, 0.29) is 23.3 Å². The van der Waals surface area contributed by atoms with Gasteiger partial charge in [0.1, 0.15) is 6.10 Å². The molecule has 2 atom stereocenters. The zero-order valence-electron chi connectivity index (χ0n) is 14.9. The van der Waals surface area contributed by atoms with Crippen LogP contribution in [0.1, 0.15) is 62.2 Å². The van der Waals surface area contributed by atoms with Gasteiger partial charge in [0, 0.05) is 11.0 Å². The first-order chi connectivity index (χ1) is 12.2. The van der Waals surface area contributed by atoms with Gasteiger partial charge in [-0.3, -0.25) is 4.79 Å². The Kier molecular flexibility index (Phi) is 8.87. The summed E-state index contributed by atoms with van der Waals surface area (Å²) in [6, 6.07) is 9.12. The second-order valence-electron chi connectivity index (χ2n) is 6.33. The van der Waals surface area contributed by atoms with E-state index in [2.05, 4.69) is 6.92 Å². The van der Waals surface area contributed by atoms with Gasteiger partial charge < -0.3 is 9.47 Å². The third-order valence-electron chi connectivity index (χ3n) is 4.31. The van der Waals surface area contributed by atoms with Gasteiger partial charge in [0.25, 0.3) is 0 Å². The lowest BCUT2D eigenvalue weighted by atomic mass is 9.97. The molecule has 0 aromatic heterocycles. The average molecular weight is 365 g/mol. The molecule has 0 radical (unpaired) electrons. The molecule has 1 aromatic carbocycles. The fourth-order valence-electron chi connectivity index (χ4n) is 2.86. The number of carbonyl (C=O) groups excluding carboxylic acids is 2. The fraction of sp³-hybridized carbons (Fsp3) is 0.600. The van der Waals surface area contributed by atoms with Gasteiger partial charge in [-0.05, 0) is 37.8 Å². The highest BCUT2D eigenvalue weighted by Crippen LogP contribution is 2.31. The highest BCUT2D eigenvalue weighted by Gasteiger charge is 2.29. The van der Waals surface area contributed by atoms with Gasteiger partial charge in [0.15, 0.2) is 0 Å². The van der Waals surface area contributed by atoms with Crippen LogP contribution in [0.5, 0.6) is 0 Å². The molecular weight excluding hydrogens is 336 g/mol. The number of carbonyl (C=O) groups is 2. The Labute approximate surface area is 154 Å². The van der Waals surface area contributed by atoms with Crippen LogP contribution in [0.3, 0.4) is 0 Å². The summed E-state index contributed by atoms with van der Waals surface area (Å²) in [7, 11) is 0. The number of thioether (sulfide) groups is 1. The molecule has 1 saturated carbocycles. The second-order valence-corrected chi connectivity index (χ2v) is 7.67. The minimum Gasteiger partial charge on any atom is -0.466 e. The summed E-state index contributed by atoms with van der Waals surface area (Å²) in [5, 5.41) is 0.268. The summed E-state index contributed by atoms with van der Waals surface area (Å²) in [5.74, 6) is 0.335. The SMILES string of the molecule is CCCCOC(=O)CCS[C@H]1CCCC[C@@H]1OC(=O)c1ccccc1. The van der Waals surface area contributed by atoms with Crippen molar-refractivity contribution in [3.63, 3.8) is 0 Å². The number of unbranched alkanes of at least 4 members (excludes halogenated alkanes) is 1. The largest absolute Gasteiger partial charge is 0.466 e. The lowest BCUT2D eigenvalue weighted by Gasteiger charge is -2.30. The van der Waals surface area contributed by atoms with Crippen LogP contribution in [0, 0.1) is 0 Å². The average Bonchev–Trinajstić information content (AvgIpc) is 2.64. The van der Waals surface area contributed by atoms with Crippen LogP contribution < -0.4 is 0 Å². The van der Waals surface area contributed by atoms with E-state index in [4.69, 9.17) is 9.47 Å². The first kappa shape index (κ1) is 19.8. The van der Waals surface area contributed by atoms with Crippen LogP contribution in [0.4, 0.5) is 0 Å². The molecule has 0 heterocycles. The number of esters is 2. The Bertz CT molecular complexity index is 532. The minimum absolute atomic E-state index is 0.0671. The molecule has 0 amide bonds. The third kappa shape index (κ3) is 7.10. The molecule has 0 unspecified atom stereocenters. The standard InChI is InChI=1S/C20H28O4S/c1-2-3-14-23-19(21)13-15-25-18-12-8-7-11-17(18)24-20(22)16-9-5-4-6-10-16/h4-6,9-10,17-18H,2-3,7-8,11-15H2,1H3/t17-,18-/m0/s1. The maximum atomic E-state index is 12.3. The lowest BCUT2D eigenvalue weighted by molar-refractivity contribution is -0.143. The maximum Gasteiger partial charge on any atom is 0.338 e. The van der Waals surface area contributed by atoms with Crippen molar-refractivity contribution >= 4 is 23.7 Å². The zero-order valence-corrected chi connectivity index (χ0v) is 15.8. The Morgan fingerprint density at radius 1 is 1.16 bits per heavy atom. The number of rotatable bonds is 9. The smallest absolute Gasteiger partial charge is 0.338 e. The Balaban J connectivity index is 1.76. The number of hydrogen-bond donors (Lipinski definition) is 0. The van der Waals surface area contributed by atoms with Gasteiger partial charge in [0.05, 0.1) is 18.6 Å². The van der Waals surface area contributed by atoms with E-state index in [0.717, 1.165) is 44.3 Å². The quantitative estimate of drug-likeness (QED) is 0.473. The van der Waals surface area contributed by atoms with Gasteiger partial charge >= 0.3 is 11.9 Å². The predicted molar refractivity (Wildman–Crippen MR) is 101 cm³/mol. The number of benzene rings is 1. The second kappa shape index (κ2) is 11.2. The molecule has 2 rings (SSSR count). The molecule has 138 valence electrons. The van der Waals surface area contributed by atoms with Gasteiger partial charge in [-0.2, -0.15) is 11.8 Å². The van der Waals surface area contributed by atoms with E-state index in [9.17, 15) is 9.59 Å². The molecule has 1 fully saturated rings. The molecular formula is C20H28O4S. The van der Waals surface area contributed by atoms with Crippen molar-refractivity contribution in [1.82, 2.24) is 0 Å². The summed E-state index contributed by atoms with van der Waals surface area (Å²) in [4.78, 5) is 24.0. The lowest BCUT2D eigenvalue weighted by Crippen LogP contribution is -2.32. The summed E-state index contributed by atoms with van der Waals surface area (Å²) in [5.41, 5.74) is 0.594. The van der Waals surface area contributed by atoms with Crippen LogP contribution in [0.2, 0.25) is 0 Å². The summed E-state index contributed by atoms with van der Waals surface area (Å²) in [6.45, 7) is 2.59. The highest BCUT2D eigenvalue weighted by molar-refractivity contribution is 7.99. The van der Waals surface area contributed by atoms with Gasteiger partial charge in [0.2, 0.25) is 0 Å². The number of hydrogen-bond acceptors (Lipinski definition) is 5. The molecule has 5 heteroatoms. The molecule has 0 N–H and O–H groups in total. The molecule has 0 bridgehead atoms. The summed E-state index contributed by atoms with van der Waals surface area (Å²) < 4.78 is 10.9. The van der Waals surface area contributed by atoms with Gasteiger partial charge in [-0.25, -0.2) is 4.79 Å². The number of ether oxygens (including phenoxy) is 2. The van der Waals surface area contributed by atoms with E-state index in [0.29, 0.717) is 18.6 Å². The van der Waals surface area contributed by atoms with E-state index < -0.39 is 0 Å². The van der Waals surface area contributed by atoms with Crippen molar-refractivity contribution in [2.45, 2.75) is 63.2 Å². The Morgan fingerprint density at radius 3 is 2.68 bits per heavy atom. The van der Waals surface area contributed by atoms with Crippen LogP contribution in [-0.2, 0) is 14.3 Å². The summed E-state index contributed by atoms with van der Waals surface area (Å²) in [6.07, 6.45) is 6.46. The van der Waals surface area contributed by atoms with Crippen molar-refractivity contribution in [2.24, 2.45) is 0 Å². The van der Waals surface area contributed by atoms with E-state index in [1.807, 2.05) is 18.2 Å². The van der Waals surface area contributed by atoms with E-state index in [1.54, 1.807) is 23.9 Å². The first-order valence-electron chi connectivity index (χ1n) is 9.24. The zero-order chi connectivity index (χ0) is 17.9. The third-order valence-corrected chi connectivity index (χ3v) is 5.72.